The number of hydrogen-bond acceptors (Lipinski definition) is 8. The van der Waals surface area contributed by atoms with E-state index in [9.17, 15) is 28.8 Å². The third kappa shape index (κ3) is 7.37. The zero-order chi connectivity index (χ0) is 39.4. The van der Waals surface area contributed by atoms with Crippen molar-refractivity contribution >= 4 is 29.1 Å². The second-order valence-corrected chi connectivity index (χ2v) is 17.3. The minimum Gasteiger partial charge on any atom is -0.489 e. The van der Waals surface area contributed by atoms with E-state index in [1.165, 1.54) is 12.1 Å². The Balaban J connectivity index is 0.851. The average molecular weight is 748 g/mol. The molecule has 288 valence electrons. The van der Waals surface area contributed by atoms with Crippen LogP contribution in [0.1, 0.15) is 95.8 Å². The predicted molar refractivity (Wildman–Crippen MR) is 207 cm³/mol. The number of amides is 2. The summed E-state index contributed by atoms with van der Waals surface area (Å²) < 4.78 is 21.5. The van der Waals surface area contributed by atoms with Crippen molar-refractivity contribution in [2.24, 2.45) is 16.7 Å². The minimum absolute atomic E-state index is 0.0928. The first kappa shape index (κ1) is 38.2. The Morgan fingerprint density at radius 1 is 0.909 bits per heavy atom. The largest absolute Gasteiger partial charge is 0.489 e. The van der Waals surface area contributed by atoms with Crippen LogP contribution in [0.4, 0.5) is 10.1 Å². The molecule has 0 radical (unpaired) electrons. The maximum absolute atomic E-state index is 15.0. The lowest BCUT2D eigenvalue weighted by atomic mass is 9.49. The summed E-state index contributed by atoms with van der Waals surface area (Å²) in [5, 5.41) is 15.3. The fraction of sp³-hybridized carbons (Fsp3) is 0.477. The van der Waals surface area contributed by atoms with Crippen LogP contribution in [0.15, 0.2) is 54.6 Å². The summed E-state index contributed by atoms with van der Waals surface area (Å²) in [7, 11) is 0. The molecule has 4 fully saturated rings. The molecule has 0 unspecified atom stereocenters. The highest BCUT2D eigenvalue weighted by Crippen LogP contribution is 2.55. The number of hydrogen-bond donors (Lipinski definition) is 2. The smallest absolute Gasteiger partial charge is 0.254 e. The van der Waals surface area contributed by atoms with Gasteiger partial charge in [-0.05, 0) is 85.5 Å². The Labute approximate surface area is 322 Å². The summed E-state index contributed by atoms with van der Waals surface area (Å²) in [6, 6.07) is 17.7. The Hall–Kier alpha value is -5.08. The monoisotopic (exact) mass is 747 g/mol. The molecule has 2 saturated heterocycles. The normalized spacial score (nSPS) is 23.5. The lowest BCUT2D eigenvalue weighted by molar-refractivity contribution is -0.164. The third-order valence-electron chi connectivity index (χ3n) is 12.4. The molecule has 2 heterocycles. The van der Waals surface area contributed by atoms with Crippen LogP contribution in [-0.2, 0) is 9.59 Å². The van der Waals surface area contributed by atoms with Gasteiger partial charge in [-0.2, -0.15) is 5.26 Å². The van der Waals surface area contributed by atoms with Crippen LogP contribution in [0.25, 0.3) is 0 Å². The number of halogens is 1. The highest BCUT2D eigenvalue weighted by Gasteiger charge is 2.64. The molecule has 0 spiro atoms. The number of aryl methyl sites for hydroxylation is 2. The van der Waals surface area contributed by atoms with E-state index in [0.717, 1.165) is 60.9 Å². The first-order valence-electron chi connectivity index (χ1n) is 19.3. The van der Waals surface area contributed by atoms with E-state index in [1.54, 1.807) is 6.07 Å². The molecule has 55 heavy (non-hydrogen) atoms. The van der Waals surface area contributed by atoms with Gasteiger partial charge >= 0.3 is 0 Å². The number of carbonyl (C=O) groups excluding carboxylic acids is 4. The summed E-state index contributed by atoms with van der Waals surface area (Å²) in [6.07, 6.45) is 0.177. The van der Waals surface area contributed by atoms with Crippen LogP contribution >= 0.6 is 0 Å². The van der Waals surface area contributed by atoms with Crippen molar-refractivity contribution < 1.29 is 28.3 Å². The molecule has 2 amide bonds. The molecule has 10 nitrogen and oxygen atoms in total. The van der Waals surface area contributed by atoms with E-state index in [-0.39, 0.29) is 71.2 Å². The number of nitriles is 1. The maximum atomic E-state index is 15.0. The highest BCUT2D eigenvalue weighted by molar-refractivity contribution is 6.06. The second kappa shape index (κ2) is 14.5. The van der Waals surface area contributed by atoms with Crippen LogP contribution in [-0.4, -0.2) is 79.2 Å². The van der Waals surface area contributed by atoms with Crippen molar-refractivity contribution in [1.82, 2.24) is 15.5 Å². The molecule has 2 aliphatic carbocycles. The fourth-order valence-electron chi connectivity index (χ4n) is 9.56. The van der Waals surface area contributed by atoms with Crippen molar-refractivity contribution in [2.45, 2.75) is 84.9 Å². The first-order valence-corrected chi connectivity index (χ1v) is 19.3. The maximum Gasteiger partial charge on any atom is 0.254 e. The molecular formula is C44H50FN5O5. The standard InChI is InChI=1S/C44H50FN5O5/c1-25-15-33(16-26(2)35(25)19-46)55-42-43(3,4)41(44(42,5)6)48-39(53)28-7-10-31(11-8-28)50-21-27(22-50)20-49-23-30(24-49)29-9-13-34(36(45)17-29)40(54)47-37-14-12-32(51)18-38(37)52/h7-11,13,15-17,27,30,37,41-42H,12,14,18,20-24H2,1-6H3,(H,47,54)(H,48,53)/t37-,41?,42?/m0/s1. The summed E-state index contributed by atoms with van der Waals surface area (Å²) in [6.45, 7) is 16.8. The number of carbonyl (C=O) groups is 4. The molecule has 4 aliphatic rings. The minimum atomic E-state index is -0.747. The average Bonchev–Trinajstić information content (AvgIpc) is 3.09. The molecule has 0 aromatic heterocycles. The van der Waals surface area contributed by atoms with E-state index in [0.29, 0.717) is 17.0 Å². The van der Waals surface area contributed by atoms with Crippen LogP contribution in [0.2, 0.25) is 0 Å². The number of ketones is 2. The molecule has 2 saturated carbocycles. The van der Waals surface area contributed by atoms with Crippen molar-refractivity contribution in [1.29, 1.82) is 5.26 Å². The quantitative estimate of drug-likeness (QED) is 0.246. The van der Waals surface area contributed by atoms with E-state index >= 15 is 0 Å². The fourth-order valence-corrected chi connectivity index (χ4v) is 9.56. The van der Waals surface area contributed by atoms with E-state index < -0.39 is 17.8 Å². The Kier molecular flexibility index (Phi) is 10.1. The van der Waals surface area contributed by atoms with Gasteiger partial charge in [-0.15, -0.1) is 0 Å². The zero-order valence-electron chi connectivity index (χ0n) is 32.5. The van der Waals surface area contributed by atoms with Gasteiger partial charge in [0.05, 0.1) is 29.7 Å². The molecule has 11 heteroatoms. The molecular weight excluding hydrogens is 698 g/mol. The molecule has 3 aromatic carbocycles. The lowest BCUT2D eigenvalue weighted by Gasteiger charge is -2.63. The second-order valence-electron chi connectivity index (χ2n) is 17.3. The number of rotatable bonds is 10. The zero-order valence-corrected chi connectivity index (χ0v) is 32.5. The Bertz CT molecular complexity index is 2040. The number of benzene rings is 3. The van der Waals surface area contributed by atoms with Crippen LogP contribution in [0.5, 0.6) is 5.75 Å². The van der Waals surface area contributed by atoms with Crippen molar-refractivity contribution in [2.75, 3.05) is 37.6 Å². The van der Waals surface area contributed by atoms with Gasteiger partial charge in [0.25, 0.3) is 11.8 Å². The van der Waals surface area contributed by atoms with Gasteiger partial charge in [-0.3, -0.25) is 19.2 Å². The molecule has 0 bridgehead atoms. The van der Waals surface area contributed by atoms with Gasteiger partial charge in [0, 0.05) is 79.1 Å². The van der Waals surface area contributed by atoms with E-state index in [4.69, 9.17) is 4.74 Å². The van der Waals surface area contributed by atoms with Crippen LogP contribution < -0.4 is 20.3 Å². The number of anilines is 1. The topological polar surface area (TPSA) is 132 Å². The molecule has 1 atom stereocenters. The Morgan fingerprint density at radius 3 is 2.16 bits per heavy atom. The van der Waals surface area contributed by atoms with E-state index in [1.807, 2.05) is 50.2 Å². The van der Waals surface area contributed by atoms with Gasteiger partial charge in [0.15, 0.2) is 5.78 Å². The summed E-state index contributed by atoms with van der Waals surface area (Å²) in [4.78, 5) is 54.4. The highest BCUT2D eigenvalue weighted by atomic mass is 19.1. The molecule has 3 aromatic rings. The number of ether oxygens (including phenoxy) is 1. The molecule has 7 rings (SSSR count). The lowest BCUT2D eigenvalue weighted by Crippen LogP contribution is -2.74. The van der Waals surface area contributed by atoms with Crippen LogP contribution in [0.3, 0.4) is 0 Å². The number of nitrogens with zero attached hydrogens (tertiary/aromatic N) is 3. The summed E-state index contributed by atoms with van der Waals surface area (Å²) >= 11 is 0. The number of likely N-dealkylation sites (tertiary alicyclic amines) is 1. The van der Waals surface area contributed by atoms with Crippen LogP contribution in [0, 0.1) is 47.7 Å². The summed E-state index contributed by atoms with van der Waals surface area (Å²) in [5.74, 6) is -0.354. The summed E-state index contributed by atoms with van der Waals surface area (Å²) in [5.41, 5.74) is 4.28. The van der Waals surface area contributed by atoms with Gasteiger partial charge in [-0.25, -0.2) is 4.39 Å². The van der Waals surface area contributed by atoms with E-state index in [2.05, 4.69) is 54.2 Å². The third-order valence-corrected chi connectivity index (χ3v) is 12.4. The first-order chi connectivity index (χ1) is 26.0. The van der Waals surface area contributed by atoms with Gasteiger partial charge < -0.3 is 25.2 Å². The number of nitrogens with one attached hydrogen (secondary N) is 2. The van der Waals surface area contributed by atoms with Crippen molar-refractivity contribution in [3.8, 4) is 11.8 Å². The van der Waals surface area contributed by atoms with Gasteiger partial charge in [-0.1, -0.05) is 33.8 Å². The molecule has 2 aliphatic heterocycles. The van der Waals surface area contributed by atoms with Gasteiger partial charge in [0.2, 0.25) is 0 Å². The SMILES string of the molecule is Cc1cc(OC2C(C)(C)C(NC(=O)c3ccc(N4CC(CN5CC(c6ccc(C(=O)N[C@H]7CCC(=O)CC7=O)c(F)c6)C5)C4)cc3)C2(C)C)cc(C)c1C#N. The van der Waals surface area contributed by atoms with Gasteiger partial charge in [0.1, 0.15) is 23.5 Å². The molecule has 2 N–H and O–H groups in total. The van der Waals surface area contributed by atoms with Crippen molar-refractivity contribution in [3.63, 3.8) is 0 Å². The number of Topliss-reactive ketones (excluding diaryl/α,β-unsaturated/α-hetero) is 2. The predicted octanol–water partition coefficient (Wildman–Crippen LogP) is 5.88. The van der Waals surface area contributed by atoms with Crippen molar-refractivity contribution in [3.05, 3.63) is 93.8 Å². The Morgan fingerprint density at radius 2 is 1.56 bits per heavy atom.